The predicted molar refractivity (Wildman–Crippen MR) is 90.8 cm³/mol. The molecule has 4 amide bonds. The summed E-state index contributed by atoms with van der Waals surface area (Å²) in [4.78, 5) is 37.4. The van der Waals surface area contributed by atoms with Crippen molar-refractivity contribution in [1.29, 1.82) is 0 Å². The highest BCUT2D eigenvalue weighted by Crippen LogP contribution is 2.29. The molecule has 2 saturated heterocycles. The van der Waals surface area contributed by atoms with Crippen molar-refractivity contribution in [3.8, 4) is 0 Å². The van der Waals surface area contributed by atoms with E-state index in [9.17, 15) is 23.2 Å². The molecule has 0 radical (unpaired) electrons. The van der Waals surface area contributed by atoms with Gasteiger partial charge in [0.05, 0.1) is 6.54 Å². The molecule has 2 aliphatic rings. The zero-order valence-corrected chi connectivity index (χ0v) is 14.2. The Morgan fingerprint density at radius 3 is 2.38 bits per heavy atom. The summed E-state index contributed by atoms with van der Waals surface area (Å²) in [6.07, 6.45) is 2.08. The van der Waals surface area contributed by atoms with Gasteiger partial charge in [0.25, 0.3) is 0 Å². The van der Waals surface area contributed by atoms with Crippen molar-refractivity contribution in [2.45, 2.75) is 25.7 Å². The van der Waals surface area contributed by atoms with E-state index in [1.54, 1.807) is 4.90 Å². The Morgan fingerprint density at radius 1 is 1.15 bits per heavy atom. The topological polar surface area (TPSA) is 81.8 Å². The number of nitrogens with one attached hydrogen (secondary N) is 2. The molecule has 0 saturated carbocycles. The lowest BCUT2D eigenvalue weighted by Crippen LogP contribution is -2.32. The third kappa shape index (κ3) is 3.92. The number of anilines is 2. The summed E-state index contributed by atoms with van der Waals surface area (Å²) in [5.41, 5.74) is -0.0120. The standard InChI is InChI=1S/C17H20F2N4O3/c18-12-8-11(9-13(19)16(12)22-5-1-2-6-22)21-14(24)4-3-7-23-15(25)10-20-17(23)26/h8-9H,1-7,10H2,(H,20,26)(H,21,24). The molecule has 2 heterocycles. The first kappa shape index (κ1) is 18.1. The van der Waals surface area contributed by atoms with E-state index >= 15 is 0 Å². The van der Waals surface area contributed by atoms with Gasteiger partial charge in [-0.05, 0) is 31.4 Å². The van der Waals surface area contributed by atoms with Crippen molar-refractivity contribution in [3.63, 3.8) is 0 Å². The minimum atomic E-state index is -0.707. The van der Waals surface area contributed by atoms with Gasteiger partial charge in [0.15, 0.2) is 11.6 Å². The molecule has 0 unspecified atom stereocenters. The van der Waals surface area contributed by atoms with Crippen LogP contribution in [0.1, 0.15) is 25.7 Å². The van der Waals surface area contributed by atoms with Gasteiger partial charge in [-0.1, -0.05) is 0 Å². The second kappa shape index (κ2) is 7.67. The lowest BCUT2D eigenvalue weighted by atomic mass is 10.2. The molecule has 9 heteroatoms. The van der Waals surface area contributed by atoms with Gasteiger partial charge in [0.2, 0.25) is 11.8 Å². The van der Waals surface area contributed by atoms with Crippen molar-refractivity contribution in [2.75, 3.05) is 36.4 Å². The molecule has 1 aromatic carbocycles. The fraction of sp³-hybridized carbons (Fsp3) is 0.471. The van der Waals surface area contributed by atoms with Gasteiger partial charge in [-0.2, -0.15) is 0 Å². The van der Waals surface area contributed by atoms with Gasteiger partial charge in [0.1, 0.15) is 5.69 Å². The van der Waals surface area contributed by atoms with Crippen molar-refractivity contribution < 1.29 is 23.2 Å². The molecule has 26 heavy (non-hydrogen) atoms. The third-order valence-corrected chi connectivity index (χ3v) is 4.45. The van der Waals surface area contributed by atoms with Crippen LogP contribution in [0, 0.1) is 11.6 Å². The lowest BCUT2D eigenvalue weighted by Gasteiger charge is -2.20. The molecule has 7 nitrogen and oxygen atoms in total. The largest absolute Gasteiger partial charge is 0.367 e. The summed E-state index contributed by atoms with van der Waals surface area (Å²) in [6.45, 7) is 1.31. The molecule has 140 valence electrons. The molecule has 0 atom stereocenters. The number of rotatable bonds is 6. The highest BCUT2D eigenvalue weighted by Gasteiger charge is 2.27. The quantitative estimate of drug-likeness (QED) is 0.753. The van der Waals surface area contributed by atoms with Gasteiger partial charge in [0, 0.05) is 31.7 Å². The van der Waals surface area contributed by atoms with Crippen molar-refractivity contribution in [1.82, 2.24) is 10.2 Å². The lowest BCUT2D eigenvalue weighted by molar-refractivity contribution is -0.125. The number of carbonyl (C=O) groups excluding carboxylic acids is 3. The average Bonchev–Trinajstić information content (AvgIpc) is 3.19. The van der Waals surface area contributed by atoms with Crippen molar-refractivity contribution in [2.24, 2.45) is 0 Å². The number of nitrogens with zero attached hydrogens (tertiary/aromatic N) is 2. The van der Waals surface area contributed by atoms with Gasteiger partial charge >= 0.3 is 6.03 Å². The Morgan fingerprint density at radius 2 is 1.81 bits per heavy atom. The molecule has 2 N–H and O–H groups in total. The number of amides is 4. The Hall–Kier alpha value is -2.71. The molecule has 0 aromatic heterocycles. The van der Waals surface area contributed by atoms with Crippen LogP contribution in [0.25, 0.3) is 0 Å². The number of urea groups is 1. The van der Waals surface area contributed by atoms with Crippen LogP contribution in [0.15, 0.2) is 12.1 Å². The van der Waals surface area contributed by atoms with Crippen molar-refractivity contribution >= 4 is 29.2 Å². The van der Waals surface area contributed by atoms with Crippen LogP contribution < -0.4 is 15.5 Å². The molecular formula is C17H20F2N4O3. The van der Waals surface area contributed by atoms with Crippen LogP contribution in [0.3, 0.4) is 0 Å². The number of hydrogen-bond acceptors (Lipinski definition) is 4. The fourth-order valence-corrected chi connectivity index (χ4v) is 3.18. The average molecular weight is 366 g/mol. The minimum Gasteiger partial charge on any atom is -0.367 e. The first-order chi connectivity index (χ1) is 12.5. The summed E-state index contributed by atoms with van der Waals surface area (Å²) in [6, 6.07) is 1.73. The normalized spacial score (nSPS) is 17.0. The van der Waals surface area contributed by atoms with Gasteiger partial charge in [-0.15, -0.1) is 0 Å². The summed E-state index contributed by atoms with van der Waals surface area (Å²) < 4.78 is 28.5. The third-order valence-electron chi connectivity index (χ3n) is 4.45. The van der Waals surface area contributed by atoms with E-state index in [0.29, 0.717) is 13.1 Å². The molecule has 2 aliphatic heterocycles. The maximum atomic E-state index is 14.2. The molecule has 0 aliphatic carbocycles. The van der Waals surface area contributed by atoms with Gasteiger partial charge in [-0.25, -0.2) is 13.6 Å². The van der Waals surface area contributed by atoms with Crippen LogP contribution in [-0.2, 0) is 9.59 Å². The SMILES string of the molecule is O=C(CCCN1C(=O)CNC1=O)Nc1cc(F)c(N2CCCC2)c(F)c1. The van der Waals surface area contributed by atoms with E-state index in [0.717, 1.165) is 29.9 Å². The van der Waals surface area contributed by atoms with Gasteiger partial charge < -0.3 is 15.5 Å². The summed E-state index contributed by atoms with van der Waals surface area (Å²) in [5.74, 6) is -2.19. The Labute approximate surface area is 149 Å². The summed E-state index contributed by atoms with van der Waals surface area (Å²) in [7, 11) is 0. The number of hydrogen-bond donors (Lipinski definition) is 2. The second-order valence-corrected chi connectivity index (χ2v) is 6.34. The summed E-state index contributed by atoms with van der Waals surface area (Å²) in [5, 5.41) is 4.84. The van der Waals surface area contributed by atoms with E-state index < -0.39 is 23.6 Å². The minimum absolute atomic E-state index is 0.0220. The summed E-state index contributed by atoms with van der Waals surface area (Å²) >= 11 is 0. The molecule has 1 aromatic rings. The predicted octanol–water partition coefficient (Wildman–Crippen LogP) is 1.84. The van der Waals surface area contributed by atoms with Crippen molar-refractivity contribution in [3.05, 3.63) is 23.8 Å². The number of imide groups is 1. The number of carbonyl (C=O) groups is 3. The van der Waals surface area contributed by atoms with E-state index in [4.69, 9.17) is 0 Å². The highest BCUT2D eigenvalue weighted by molar-refractivity contribution is 6.02. The number of benzene rings is 1. The Bertz CT molecular complexity index is 696. The monoisotopic (exact) mass is 366 g/mol. The zero-order chi connectivity index (χ0) is 18.7. The van der Waals surface area contributed by atoms with E-state index in [-0.39, 0.29) is 43.2 Å². The first-order valence-corrected chi connectivity index (χ1v) is 8.58. The molecule has 3 rings (SSSR count). The van der Waals surface area contributed by atoms with Crippen LogP contribution in [-0.4, -0.2) is 48.9 Å². The van der Waals surface area contributed by atoms with E-state index in [1.807, 2.05) is 0 Å². The second-order valence-electron chi connectivity index (χ2n) is 6.34. The Kier molecular flexibility index (Phi) is 5.34. The molecule has 0 spiro atoms. The van der Waals surface area contributed by atoms with Crippen LogP contribution in [0.4, 0.5) is 25.0 Å². The van der Waals surface area contributed by atoms with Crippen LogP contribution in [0.2, 0.25) is 0 Å². The number of halogens is 2. The first-order valence-electron chi connectivity index (χ1n) is 8.58. The maximum Gasteiger partial charge on any atom is 0.324 e. The molecule has 0 bridgehead atoms. The van der Waals surface area contributed by atoms with E-state index in [1.165, 1.54) is 0 Å². The Balaban J connectivity index is 1.54. The highest BCUT2D eigenvalue weighted by atomic mass is 19.1. The zero-order valence-electron chi connectivity index (χ0n) is 14.2. The molecule has 2 fully saturated rings. The van der Waals surface area contributed by atoms with Crippen LogP contribution in [0.5, 0.6) is 0 Å². The van der Waals surface area contributed by atoms with Crippen LogP contribution >= 0.6 is 0 Å². The van der Waals surface area contributed by atoms with Gasteiger partial charge in [-0.3, -0.25) is 14.5 Å². The van der Waals surface area contributed by atoms with E-state index in [2.05, 4.69) is 10.6 Å². The fourth-order valence-electron chi connectivity index (χ4n) is 3.18. The molecular weight excluding hydrogens is 346 g/mol. The smallest absolute Gasteiger partial charge is 0.324 e. The maximum absolute atomic E-state index is 14.2.